The van der Waals surface area contributed by atoms with E-state index in [-0.39, 0.29) is 17.9 Å². The van der Waals surface area contributed by atoms with Gasteiger partial charge in [0.2, 0.25) is 0 Å². The molecule has 0 radical (unpaired) electrons. The van der Waals surface area contributed by atoms with Crippen LogP contribution in [0.2, 0.25) is 0 Å². The minimum Gasteiger partial charge on any atom is -0.462 e. The molecule has 0 atom stereocenters. The van der Waals surface area contributed by atoms with E-state index in [1.54, 1.807) is 6.92 Å². The second kappa shape index (κ2) is 4.54. The lowest BCUT2D eigenvalue weighted by molar-refractivity contribution is -0.142. The summed E-state index contributed by atoms with van der Waals surface area (Å²) in [5, 5.41) is 3.50. The van der Waals surface area contributed by atoms with E-state index in [2.05, 4.69) is 9.84 Å². The van der Waals surface area contributed by atoms with Gasteiger partial charge in [0, 0.05) is 0 Å². The molecule has 0 amide bonds. The molecule has 0 fully saturated rings. The summed E-state index contributed by atoms with van der Waals surface area (Å²) in [7, 11) is 0. The molecule has 0 saturated carbocycles. The SMILES string of the molecule is CCOC(=O)c1cnn(CC(F)(F)F)c1C. The fourth-order valence-corrected chi connectivity index (χ4v) is 1.18. The average molecular weight is 236 g/mol. The summed E-state index contributed by atoms with van der Waals surface area (Å²) < 4.78 is 41.7. The predicted molar refractivity (Wildman–Crippen MR) is 49.0 cm³/mol. The van der Waals surface area contributed by atoms with E-state index >= 15 is 0 Å². The molecule has 16 heavy (non-hydrogen) atoms. The number of hydrogen-bond donors (Lipinski definition) is 0. The summed E-state index contributed by atoms with van der Waals surface area (Å²) in [4.78, 5) is 11.3. The second-order valence-corrected chi connectivity index (χ2v) is 3.14. The molecule has 0 aliphatic carbocycles. The van der Waals surface area contributed by atoms with Crippen LogP contribution in [0.1, 0.15) is 23.0 Å². The van der Waals surface area contributed by atoms with Gasteiger partial charge in [0.15, 0.2) is 0 Å². The first kappa shape index (κ1) is 12.5. The molecule has 0 bridgehead atoms. The van der Waals surface area contributed by atoms with Gasteiger partial charge in [-0.05, 0) is 13.8 Å². The van der Waals surface area contributed by atoms with Gasteiger partial charge >= 0.3 is 12.1 Å². The van der Waals surface area contributed by atoms with Gasteiger partial charge in [-0.1, -0.05) is 0 Å². The van der Waals surface area contributed by atoms with Crippen LogP contribution in [0.5, 0.6) is 0 Å². The highest BCUT2D eigenvalue weighted by Gasteiger charge is 2.30. The van der Waals surface area contributed by atoms with Crippen molar-refractivity contribution in [2.24, 2.45) is 0 Å². The molecular weight excluding hydrogens is 225 g/mol. The molecule has 0 unspecified atom stereocenters. The molecule has 7 heteroatoms. The van der Waals surface area contributed by atoms with Crippen molar-refractivity contribution in [1.82, 2.24) is 9.78 Å². The maximum atomic E-state index is 12.1. The molecule has 0 N–H and O–H groups in total. The largest absolute Gasteiger partial charge is 0.462 e. The normalized spacial score (nSPS) is 11.6. The van der Waals surface area contributed by atoms with Crippen LogP contribution in [-0.2, 0) is 11.3 Å². The topological polar surface area (TPSA) is 44.1 Å². The highest BCUT2D eigenvalue weighted by molar-refractivity contribution is 5.90. The Balaban J connectivity index is 2.88. The number of nitrogens with zero attached hydrogens (tertiary/aromatic N) is 2. The third-order valence-electron chi connectivity index (χ3n) is 1.93. The fraction of sp³-hybridized carbons (Fsp3) is 0.556. The molecule has 1 rings (SSSR count). The van der Waals surface area contributed by atoms with E-state index in [0.29, 0.717) is 0 Å². The first-order chi connectivity index (χ1) is 7.35. The molecule has 1 aromatic heterocycles. The Bertz CT molecular complexity index is 385. The minimum absolute atomic E-state index is 0.0612. The second-order valence-electron chi connectivity index (χ2n) is 3.14. The summed E-state index contributed by atoms with van der Waals surface area (Å²) in [6.07, 6.45) is -3.28. The zero-order valence-electron chi connectivity index (χ0n) is 8.84. The van der Waals surface area contributed by atoms with Gasteiger partial charge < -0.3 is 4.74 Å². The number of hydrogen-bond acceptors (Lipinski definition) is 3. The number of ether oxygens (including phenoxy) is 1. The van der Waals surface area contributed by atoms with Crippen molar-refractivity contribution in [1.29, 1.82) is 0 Å². The smallest absolute Gasteiger partial charge is 0.408 e. The summed E-state index contributed by atoms with van der Waals surface area (Å²) in [5.41, 5.74) is 0.210. The van der Waals surface area contributed by atoms with Crippen LogP contribution in [0.3, 0.4) is 0 Å². The van der Waals surface area contributed by atoms with Crippen LogP contribution in [-0.4, -0.2) is 28.5 Å². The Kier molecular flexibility index (Phi) is 3.56. The van der Waals surface area contributed by atoms with Gasteiger partial charge in [0.05, 0.1) is 18.5 Å². The third kappa shape index (κ3) is 2.98. The van der Waals surface area contributed by atoms with Crippen LogP contribution in [0.15, 0.2) is 6.20 Å². The lowest BCUT2D eigenvalue weighted by Crippen LogP contribution is -2.20. The fourth-order valence-electron chi connectivity index (χ4n) is 1.18. The molecular formula is C9H11F3N2O2. The van der Waals surface area contributed by atoms with Crippen molar-refractivity contribution in [3.63, 3.8) is 0 Å². The summed E-state index contributed by atoms with van der Waals surface area (Å²) in [5.74, 6) is -0.659. The van der Waals surface area contributed by atoms with Crippen LogP contribution in [0.25, 0.3) is 0 Å². The first-order valence-electron chi connectivity index (χ1n) is 4.61. The van der Waals surface area contributed by atoms with E-state index in [9.17, 15) is 18.0 Å². The number of carbonyl (C=O) groups excluding carboxylic acids is 1. The molecule has 1 heterocycles. The molecule has 90 valence electrons. The number of alkyl halides is 3. The van der Waals surface area contributed by atoms with E-state index in [0.717, 1.165) is 10.9 Å². The van der Waals surface area contributed by atoms with E-state index in [1.807, 2.05) is 0 Å². The quantitative estimate of drug-likeness (QED) is 0.753. The minimum atomic E-state index is -4.36. The van der Waals surface area contributed by atoms with E-state index in [4.69, 9.17) is 0 Å². The lowest BCUT2D eigenvalue weighted by Gasteiger charge is -2.08. The maximum absolute atomic E-state index is 12.1. The number of halogens is 3. The van der Waals surface area contributed by atoms with E-state index < -0.39 is 18.7 Å². The van der Waals surface area contributed by atoms with Crippen LogP contribution in [0.4, 0.5) is 13.2 Å². The zero-order valence-corrected chi connectivity index (χ0v) is 8.84. The van der Waals surface area contributed by atoms with Crippen LogP contribution >= 0.6 is 0 Å². The molecule has 0 aromatic carbocycles. The number of carbonyl (C=O) groups is 1. The Labute approximate surface area is 90.0 Å². The Morgan fingerprint density at radius 3 is 2.69 bits per heavy atom. The Hall–Kier alpha value is -1.53. The first-order valence-corrected chi connectivity index (χ1v) is 4.61. The Morgan fingerprint density at radius 1 is 1.56 bits per heavy atom. The molecule has 0 saturated heterocycles. The highest BCUT2D eigenvalue weighted by Crippen LogP contribution is 2.19. The average Bonchev–Trinajstić information content (AvgIpc) is 2.46. The maximum Gasteiger partial charge on any atom is 0.408 e. The van der Waals surface area contributed by atoms with Gasteiger partial charge in [-0.3, -0.25) is 4.68 Å². The van der Waals surface area contributed by atoms with Crippen molar-refractivity contribution in [3.8, 4) is 0 Å². The van der Waals surface area contributed by atoms with Gasteiger partial charge in [-0.15, -0.1) is 0 Å². The van der Waals surface area contributed by atoms with Gasteiger partial charge in [0.1, 0.15) is 12.1 Å². The van der Waals surface area contributed by atoms with Gasteiger partial charge in [-0.25, -0.2) is 4.79 Å². The van der Waals surface area contributed by atoms with Crippen molar-refractivity contribution in [2.75, 3.05) is 6.61 Å². The van der Waals surface area contributed by atoms with Gasteiger partial charge in [0.25, 0.3) is 0 Å². The molecule has 0 aliphatic heterocycles. The van der Waals surface area contributed by atoms with Crippen LogP contribution in [0, 0.1) is 6.92 Å². The van der Waals surface area contributed by atoms with E-state index in [1.165, 1.54) is 6.92 Å². The predicted octanol–water partition coefficient (Wildman–Crippen LogP) is 1.93. The zero-order chi connectivity index (χ0) is 12.3. The van der Waals surface area contributed by atoms with Crippen molar-refractivity contribution in [2.45, 2.75) is 26.6 Å². The molecule has 1 aromatic rings. The standard InChI is InChI=1S/C9H11F3N2O2/c1-3-16-8(15)7-4-13-14(6(7)2)5-9(10,11)12/h4H,3,5H2,1-2H3. The lowest BCUT2D eigenvalue weighted by atomic mass is 10.2. The summed E-state index contributed by atoms with van der Waals surface area (Å²) >= 11 is 0. The molecule has 0 spiro atoms. The van der Waals surface area contributed by atoms with Crippen molar-refractivity contribution >= 4 is 5.97 Å². The van der Waals surface area contributed by atoms with Gasteiger partial charge in [-0.2, -0.15) is 18.3 Å². The highest BCUT2D eigenvalue weighted by atomic mass is 19.4. The summed E-state index contributed by atoms with van der Waals surface area (Å²) in [6.45, 7) is 1.97. The number of esters is 1. The van der Waals surface area contributed by atoms with Crippen molar-refractivity contribution < 1.29 is 22.7 Å². The number of rotatable bonds is 3. The third-order valence-corrected chi connectivity index (χ3v) is 1.93. The monoisotopic (exact) mass is 236 g/mol. The summed E-state index contributed by atoms with van der Waals surface area (Å²) in [6, 6.07) is 0. The van der Waals surface area contributed by atoms with Crippen molar-refractivity contribution in [3.05, 3.63) is 17.5 Å². The molecule has 4 nitrogen and oxygen atoms in total. The Morgan fingerprint density at radius 2 is 2.19 bits per heavy atom. The number of aromatic nitrogens is 2. The van der Waals surface area contributed by atoms with Crippen LogP contribution < -0.4 is 0 Å². The molecule has 0 aliphatic rings.